The van der Waals surface area contributed by atoms with Crippen molar-refractivity contribution in [1.29, 1.82) is 0 Å². The third-order valence-electron chi connectivity index (χ3n) is 4.41. The molecule has 2 fully saturated rings. The van der Waals surface area contributed by atoms with Crippen molar-refractivity contribution in [2.24, 2.45) is 4.99 Å². The lowest BCUT2D eigenvalue weighted by Gasteiger charge is -2.39. The fraction of sp³-hybridized carbons (Fsp3) is 0.933. The molecule has 2 rings (SSSR count). The first-order valence-corrected chi connectivity index (χ1v) is 9.14. The number of nitrogens with one attached hydrogen (secondary N) is 1. The molecule has 0 aromatic rings. The number of hydrogen-bond acceptors (Lipinski definition) is 5. The Kier molecular flexibility index (Phi) is 7.27. The van der Waals surface area contributed by atoms with Gasteiger partial charge in [0.25, 0.3) is 0 Å². The lowest BCUT2D eigenvalue weighted by molar-refractivity contribution is -0.0447. The van der Waals surface area contributed by atoms with Gasteiger partial charge in [0.2, 0.25) is 0 Å². The molecular weight excluding hydrogens is 302 g/mol. The number of aliphatic imine (C=N–C) groups is 1. The molecule has 22 heavy (non-hydrogen) atoms. The molecule has 2 heterocycles. The van der Waals surface area contributed by atoms with Crippen LogP contribution in [0.15, 0.2) is 4.99 Å². The number of methoxy groups -OCH3 is 1. The van der Waals surface area contributed by atoms with E-state index < -0.39 is 0 Å². The highest BCUT2D eigenvalue weighted by atomic mass is 32.2. The van der Waals surface area contributed by atoms with Crippen molar-refractivity contribution in [3.63, 3.8) is 0 Å². The number of thioether (sulfide) groups is 1. The van der Waals surface area contributed by atoms with Gasteiger partial charge in [0, 0.05) is 51.8 Å². The molecule has 2 aliphatic rings. The fourth-order valence-corrected chi connectivity index (χ4v) is 3.76. The number of rotatable bonds is 5. The van der Waals surface area contributed by atoms with Gasteiger partial charge in [-0.15, -0.1) is 0 Å². The van der Waals surface area contributed by atoms with Crippen molar-refractivity contribution < 1.29 is 14.2 Å². The molecule has 0 spiro atoms. The predicted octanol–water partition coefficient (Wildman–Crippen LogP) is 0.821. The molecule has 2 aliphatic heterocycles. The van der Waals surface area contributed by atoms with E-state index in [1.165, 1.54) is 0 Å². The Bertz CT molecular complexity index is 360. The van der Waals surface area contributed by atoms with E-state index in [0.717, 1.165) is 58.3 Å². The second-order valence-electron chi connectivity index (χ2n) is 5.79. The van der Waals surface area contributed by atoms with Crippen LogP contribution in [-0.4, -0.2) is 88.2 Å². The van der Waals surface area contributed by atoms with Gasteiger partial charge in [-0.05, 0) is 19.1 Å². The lowest BCUT2D eigenvalue weighted by atomic mass is 9.99. The van der Waals surface area contributed by atoms with Gasteiger partial charge >= 0.3 is 0 Å². The average Bonchev–Trinajstić information content (AvgIpc) is 2.57. The third-order valence-corrected chi connectivity index (χ3v) is 5.83. The Morgan fingerprint density at radius 2 is 2.18 bits per heavy atom. The zero-order valence-electron chi connectivity index (χ0n) is 14.0. The second-order valence-corrected chi connectivity index (χ2v) is 7.07. The van der Waals surface area contributed by atoms with Crippen LogP contribution in [0, 0.1) is 0 Å². The Labute approximate surface area is 138 Å². The molecule has 0 amide bonds. The Morgan fingerprint density at radius 1 is 1.41 bits per heavy atom. The molecule has 1 N–H and O–H groups in total. The summed E-state index contributed by atoms with van der Waals surface area (Å²) in [6.07, 6.45) is 4.50. The molecule has 128 valence electrons. The van der Waals surface area contributed by atoms with Gasteiger partial charge < -0.3 is 24.4 Å². The summed E-state index contributed by atoms with van der Waals surface area (Å²) >= 11 is 1.94. The molecule has 1 unspecified atom stereocenters. The maximum absolute atomic E-state index is 5.71. The summed E-state index contributed by atoms with van der Waals surface area (Å²) in [6.45, 7) is 5.67. The first kappa shape index (κ1) is 17.8. The number of ether oxygens (including phenoxy) is 3. The topological polar surface area (TPSA) is 55.3 Å². The van der Waals surface area contributed by atoms with Gasteiger partial charge in [-0.3, -0.25) is 4.99 Å². The minimum absolute atomic E-state index is 0.120. The Hall–Kier alpha value is -0.500. The predicted molar refractivity (Wildman–Crippen MR) is 90.8 cm³/mol. The number of hydrogen-bond donors (Lipinski definition) is 1. The summed E-state index contributed by atoms with van der Waals surface area (Å²) in [4.78, 5) is 6.72. The first-order valence-electron chi connectivity index (χ1n) is 7.92. The largest absolute Gasteiger partial charge is 0.382 e. The third kappa shape index (κ3) is 4.75. The quantitative estimate of drug-likeness (QED) is 0.595. The van der Waals surface area contributed by atoms with E-state index >= 15 is 0 Å². The van der Waals surface area contributed by atoms with E-state index in [9.17, 15) is 0 Å². The summed E-state index contributed by atoms with van der Waals surface area (Å²) in [5.41, 5.74) is 0. The van der Waals surface area contributed by atoms with Crippen LogP contribution in [0.2, 0.25) is 0 Å². The summed E-state index contributed by atoms with van der Waals surface area (Å²) in [5.74, 6) is 0.962. The van der Waals surface area contributed by atoms with Gasteiger partial charge in [0.05, 0.1) is 19.3 Å². The Morgan fingerprint density at radius 3 is 2.82 bits per heavy atom. The summed E-state index contributed by atoms with van der Waals surface area (Å²) in [6, 6.07) is 0. The fourth-order valence-electron chi connectivity index (χ4n) is 2.97. The van der Waals surface area contributed by atoms with Crippen LogP contribution < -0.4 is 5.32 Å². The number of nitrogens with zero attached hydrogens (tertiary/aromatic N) is 2. The van der Waals surface area contributed by atoms with Crippen LogP contribution in [0.3, 0.4) is 0 Å². The van der Waals surface area contributed by atoms with E-state index in [4.69, 9.17) is 14.2 Å². The number of guanidine groups is 1. The zero-order chi connectivity index (χ0) is 15.8. The minimum atomic E-state index is 0.120. The Balaban J connectivity index is 1.88. The van der Waals surface area contributed by atoms with Crippen LogP contribution in [0.5, 0.6) is 0 Å². The van der Waals surface area contributed by atoms with Gasteiger partial charge in [-0.1, -0.05) is 0 Å². The normalized spacial score (nSPS) is 26.0. The van der Waals surface area contributed by atoms with E-state index in [-0.39, 0.29) is 10.9 Å². The van der Waals surface area contributed by atoms with Crippen LogP contribution in [0.4, 0.5) is 0 Å². The number of morpholine rings is 1. The standard InChI is InChI=1S/C15H29N3O3S/c1-16-14(18-6-9-21-13(10-18)11-19-2)17-12-15(22-3)4-7-20-8-5-15/h13H,4-12H2,1-3H3,(H,16,17). The average molecular weight is 331 g/mol. The molecule has 0 saturated carbocycles. The molecule has 0 radical (unpaired) electrons. The maximum atomic E-state index is 5.71. The second kappa shape index (κ2) is 8.96. The van der Waals surface area contributed by atoms with Gasteiger partial charge in [0.1, 0.15) is 0 Å². The maximum Gasteiger partial charge on any atom is 0.193 e. The monoisotopic (exact) mass is 331 g/mol. The van der Waals surface area contributed by atoms with E-state index in [1.807, 2.05) is 18.8 Å². The van der Waals surface area contributed by atoms with Gasteiger partial charge in [0.15, 0.2) is 5.96 Å². The molecule has 0 aliphatic carbocycles. The molecule has 6 nitrogen and oxygen atoms in total. The van der Waals surface area contributed by atoms with Crippen molar-refractivity contribution in [2.45, 2.75) is 23.7 Å². The van der Waals surface area contributed by atoms with Crippen LogP contribution in [0.1, 0.15) is 12.8 Å². The first-order chi connectivity index (χ1) is 10.7. The minimum Gasteiger partial charge on any atom is -0.382 e. The summed E-state index contributed by atoms with van der Waals surface area (Å²) in [5, 5.41) is 3.57. The lowest BCUT2D eigenvalue weighted by Crippen LogP contribution is -2.54. The SMILES string of the molecule is CN=C(NCC1(SC)CCOCC1)N1CCOC(COC)C1. The highest BCUT2D eigenvalue weighted by molar-refractivity contribution is 8.00. The molecule has 0 aromatic carbocycles. The summed E-state index contributed by atoms with van der Waals surface area (Å²) in [7, 11) is 3.56. The van der Waals surface area contributed by atoms with E-state index in [2.05, 4.69) is 21.5 Å². The molecule has 1 atom stereocenters. The molecular formula is C15H29N3O3S. The van der Waals surface area contributed by atoms with Crippen LogP contribution >= 0.6 is 11.8 Å². The van der Waals surface area contributed by atoms with E-state index in [0.29, 0.717) is 6.61 Å². The van der Waals surface area contributed by atoms with Crippen molar-refractivity contribution in [2.75, 3.05) is 66.5 Å². The zero-order valence-corrected chi connectivity index (χ0v) is 14.8. The van der Waals surface area contributed by atoms with Crippen molar-refractivity contribution in [3.8, 4) is 0 Å². The highest BCUT2D eigenvalue weighted by Gasteiger charge is 2.32. The molecule has 0 aromatic heterocycles. The van der Waals surface area contributed by atoms with Gasteiger partial charge in [-0.2, -0.15) is 11.8 Å². The van der Waals surface area contributed by atoms with E-state index in [1.54, 1.807) is 7.11 Å². The molecule has 2 saturated heterocycles. The van der Waals surface area contributed by atoms with Crippen molar-refractivity contribution in [1.82, 2.24) is 10.2 Å². The van der Waals surface area contributed by atoms with Crippen molar-refractivity contribution >= 4 is 17.7 Å². The van der Waals surface area contributed by atoms with Crippen LogP contribution in [-0.2, 0) is 14.2 Å². The van der Waals surface area contributed by atoms with Crippen molar-refractivity contribution in [3.05, 3.63) is 0 Å². The highest BCUT2D eigenvalue weighted by Crippen LogP contribution is 2.33. The summed E-state index contributed by atoms with van der Waals surface area (Å²) < 4.78 is 16.7. The smallest absolute Gasteiger partial charge is 0.193 e. The van der Waals surface area contributed by atoms with Crippen LogP contribution in [0.25, 0.3) is 0 Å². The van der Waals surface area contributed by atoms with Gasteiger partial charge in [-0.25, -0.2) is 0 Å². The molecule has 0 bridgehead atoms. The molecule has 7 heteroatoms.